The number of hydrogen-bond donors (Lipinski definition) is 1. The Labute approximate surface area is 209 Å². The van der Waals surface area contributed by atoms with Crippen LogP contribution in [-0.2, 0) is 17.6 Å². The molecule has 9 nitrogen and oxygen atoms in total. The van der Waals surface area contributed by atoms with Gasteiger partial charge in [0.1, 0.15) is 16.1 Å². The maximum Gasteiger partial charge on any atom is 0.341 e. The van der Waals surface area contributed by atoms with E-state index >= 15 is 0 Å². The molecular formula is C26H20N2O7S. The third-order valence-electron chi connectivity index (χ3n) is 6.37. The van der Waals surface area contributed by atoms with Gasteiger partial charge in [0.05, 0.1) is 17.1 Å². The summed E-state index contributed by atoms with van der Waals surface area (Å²) in [6.45, 7) is 1.84. The fraction of sp³-hybridized carbons (Fsp3) is 0.231. The first-order valence-corrected chi connectivity index (χ1v) is 12.3. The third-order valence-corrected chi connectivity index (χ3v) is 7.58. The molecule has 1 heterocycles. The van der Waals surface area contributed by atoms with Crippen molar-refractivity contribution in [3.05, 3.63) is 90.3 Å². The van der Waals surface area contributed by atoms with E-state index in [-0.39, 0.29) is 39.4 Å². The minimum atomic E-state index is -0.854. The summed E-state index contributed by atoms with van der Waals surface area (Å²) in [5, 5.41) is 15.0. The summed E-state index contributed by atoms with van der Waals surface area (Å²) in [7, 11) is 0. The summed E-state index contributed by atoms with van der Waals surface area (Å²) in [6.07, 6.45) is 3.29. The molecular weight excluding hydrogens is 484 g/mol. The number of esters is 1. The Balaban J connectivity index is 1.60. The molecule has 1 N–H and O–H groups in total. The zero-order valence-electron chi connectivity index (χ0n) is 19.2. The van der Waals surface area contributed by atoms with E-state index in [2.05, 4.69) is 5.32 Å². The van der Waals surface area contributed by atoms with Crippen molar-refractivity contribution in [3.8, 4) is 0 Å². The number of ether oxygens (including phenoxy) is 1. The van der Waals surface area contributed by atoms with Crippen LogP contribution in [0.25, 0.3) is 0 Å². The number of aryl methyl sites for hydroxylation is 1. The van der Waals surface area contributed by atoms with E-state index in [4.69, 9.17) is 4.74 Å². The fourth-order valence-electron chi connectivity index (χ4n) is 4.79. The molecule has 3 aromatic rings. The number of thiophene rings is 1. The van der Waals surface area contributed by atoms with Crippen molar-refractivity contribution in [2.24, 2.45) is 0 Å². The second-order valence-electron chi connectivity index (χ2n) is 8.43. The van der Waals surface area contributed by atoms with Gasteiger partial charge in [-0.2, -0.15) is 0 Å². The average molecular weight is 505 g/mol. The van der Waals surface area contributed by atoms with Crippen molar-refractivity contribution < 1.29 is 28.8 Å². The highest BCUT2D eigenvalue weighted by Gasteiger charge is 2.39. The topological polar surface area (TPSA) is 133 Å². The maximum atomic E-state index is 13.3. The molecule has 2 aliphatic carbocycles. The molecule has 0 spiro atoms. The van der Waals surface area contributed by atoms with Gasteiger partial charge < -0.3 is 10.1 Å². The van der Waals surface area contributed by atoms with E-state index < -0.39 is 39.6 Å². The number of amides is 1. The van der Waals surface area contributed by atoms with Crippen molar-refractivity contribution in [1.82, 2.24) is 0 Å². The van der Waals surface area contributed by atoms with Gasteiger partial charge in [0.25, 0.3) is 11.6 Å². The van der Waals surface area contributed by atoms with Gasteiger partial charge >= 0.3 is 5.97 Å². The summed E-state index contributed by atoms with van der Waals surface area (Å²) < 4.78 is 5.20. The Kier molecular flexibility index (Phi) is 5.97. The normalized spacial score (nSPS) is 13.9. The molecule has 2 aliphatic rings. The molecule has 0 saturated carbocycles. The van der Waals surface area contributed by atoms with E-state index in [1.165, 1.54) is 35.6 Å². The summed E-state index contributed by atoms with van der Waals surface area (Å²) in [6, 6.07) is 8.51. The number of nitrogens with zero attached hydrogens (tertiary/aromatic N) is 1. The largest absolute Gasteiger partial charge is 0.462 e. The van der Waals surface area contributed by atoms with Crippen LogP contribution in [0.4, 0.5) is 10.7 Å². The Morgan fingerprint density at radius 1 is 1.03 bits per heavy atom. The first kappa shape index (κ1) is 23.6. The number of carbonyl (C=O) groups is 4. The SMILES string of the molecule is CCOC(=O)c1c(NC(=O)c2ccc3c(c2[N+](=O)[O-])C(=O)c2ccccc2C3=O)sc2c1CCCC2. The number of hydrogen-bond acceptors (Lipinski definition) is 8. The minimum Gasteiger partial charge on any atom is -0.462 e. The van der Waals surface area contributed by atoms with E-state index in [9.17, 15) is 29.3 Å². The summed E-state index contributed by atoms with van der Waals surface area (Å²) in [5.74, 6) is -2.64. The van der Waals surface area contributed by atoms with E-state index in [1.54, 1.807) is 19.1 Å². The van der Waals surface area contributed by atoms with Crippen LogP contribution in [0.15, 0.2) is 36.4 Å². The minimum absolute atomic E-state index is 0.0474. The molecule has 0 aliphatic heterocycles. The quantitative estimate of drug-likeness (QED) is 0.236. The highest BCUT2D eigenvalue weighted by atomic mass is 32.1. The van der Waals surface area contributed by atoms with Gasteiger partial charge in [0.2, 0.25) is 5.78 Å². The first-order valence-electron chi connectivity index (χ1n) is 11.5. The van der Waals surface area contributed by atoms with Gasteiger partial charge in [-0.25, -0.2) is 4.79 Å². The molecule has 0 radical (unpaired) electrons. The predicted molar refractivity (Wildman–Crippen MR) is 131 cm³/mol. The third kappa shape index (κ3) is 3.70. The highest BCUT2D eigenvalue weighted by molar-refractivity contribution is 7.17. The number of rotatable bonds is 5. The van der Waals surface area contributed by atoms with Crippen LogP contribution in [0.1, 0.15) is 82.8 Å². The maximum absolute atomic E-state index is 13.3. The number of nitro benzene ring substituents is 1. The van der Waals surface area contributed by atoms with Gasteiger partial charge in [-0.05, 0) is 50.3 Å². The molecule has 0 fully saturated rings. The molecule has 0 atom stereocenters. The summed E-state index contributed by atoms with van der Waals surface area (Å²) >= 11 is 1.25. The van der Waals surface area contributed by atoms with E-state index in [0.29, 0.717) is 6.42 Å². The van der Waals surface area contributed by atoms with Crippen molar-refractivity contribution in [3.63, 3.8) is 0 Å². The molecule has 0 bridgehead atoms. The van der Waals surface area contributed by atoms with Crippen LogP contribution in [0.2, 0.25) is 0 Å². The van der Waals surface area contributed by atoms with E-state index in [0.717, 1.165) is 29.7 Å². The lowest BCUT2D eigenvalue weighted by Gasteiger charge is -2.18. The number of benzene rings is 2. The second kappa shape index (κ2) is 9.12. The molecule has 10 heteroatoms. The molecule has 36 heavy (non-hydrogen) atoms. The molecule has 2 aromatic carbocycles. The van der Waals surface area contributed by atoms with E-state index in [1.807, 2.05) is 0 Å². The van der Waals surface area contributed by atoms with Gasteiger partial charge in [-0.1, -0.05) is 24.3 Å². The van der Waals surface area contributed by atoms with Crippen molar-refractivity contribution in [2.45, 2.75) is 32.6 Å². The molecule has 0 unspecified atom stereocenters. The summed E-state index contributed by atoms with van der Waals surface area (Å²) in [4.78, 5) is 64.5. The number of fused-ring (bicyclic) bond motifs is 3. The standard InChI is InChI=1S/C26H20N2O7S/c1-2-35-26(32)20-15-9-5-6-10-18(15)36-25(20)27-24(31)17-12-11-16-19(21(17)28(33)34)23(30)14-8-4-3-7-13(14)22(16)29/h3-4,7-8,11-12H,2,5-6,9-10H2,1H3,(H,27,31). The van der Waals surface area contributed by atoms with Crippen molar-refractivity contribution in [1.29, 1.82) is 0 Å². The van der Waals surface area contributed by atoms with Gasteiger partial charge in [-0.15, -0.1) is 11.3 Å². The van der Waals surface area contributed by atoms with Crippen LogP contribution in [-0.4, -0.2) is 35.0 Å². The zero-order chi connectivity index (χ0) is 25.6. The Morgan fingerprint density at radius 2 is 1.72 bits per heavy atom. The average Bonchev–Trinajstić information content (AvgIpc) is 3.24. The van der Waals surface area contributed by atoms with Crippen molar-refractivity contribution >= 4 is 45.5 Å². The highest BCUT2D eigenvalue weighted by Crippen LogP contribution is 2.40. The van der Waals surface area contributed by atoms with Crippen LogP contribution in [0.5, 0.6) is 0 Å². The monoisotopic (exact) mass is 504 g/mol. The van der Waals surface area contributed by atoms with Gasteiger partial charge in [-0.3, -0.25) is 24.5 Å². The van der Waals surface area contributed by atoms with Crippen LogP contribution >= 0.6 is 11.3 Å². The lowest BCUT2D eigenvalue weighted by Crippen LogP contribution is -2.24. The number of anilines is 1. The summed E-state index contributed by atoms with van der Waals surface area (Å²) in [5.41, 5.74) is -0.343. The number of ketones is 2. The first-order chi connectivity index (χ1) is 17.3. The van der Waals surface area contributed by atoms with Crippen molar-refractivity contribution in [2.75, 3.05) is 11.9 Å². The molecule has 1 amide bonds. The smallest absolute Gasteiger partial charge is 0.341 e. The van der Waals surface area contributed by atoms with Gasteiger partial charge in [0, 0.05) is 21.6 Å². The molecule has 0 saturated heterocycles. The molecule has 5 rings (SSSR count). The lowest BCUT2D eigenvalue weighted by atomic mass is 9.82. The zero-order valence-corrected chi connectivity index (χ0v) is 20.0. The number of nitro groups is 1. The van der Waals surface area contributed by atoms with Crippen LogP contribution in [0, 0.1) is 10.1 Å². The molecule has 182 valence electrons. The predicted octanol–water partition coefficient (Wildman–Crippen LogP) is 4.74. The van der Waals surface area contributed by atoms with Gasteiger partial charge in [0.15, 0.2) is 5.78 Å². The second-order valence-corrected chi connectivity index (χ2v) is 9.54. The fourth-order valence-corrected chi connectivity index (χ4v) is 6.06. The molecule has 1 aromatic heterocycles. The number of nitrogens with one attached hydrogen (secondary N) is 1. The Morgan fingerprint density at radius 3 is 2.42 bits per heavy atom. The van der Waals surface area contributed by atoms with Crippen LogP contribution in [0.3, 0.4) is 0 Å². The Bertz CT molecular complexity index is 1490. The number of carbonyl (C=O) groups excluding carboxylic acids is 4. The Hall–Kier alpha value is -4.18. The van der Waals surface area contributed by atoms with Crippen LogP contribution < -0.4 is 5.32 Å². The lowest BCUT2D eigenvalue weighted by molar-refractivity contribution is -0.385.